The maximum atomic E-state index is 12.9. The minimum atomic E-state index is -0.924. The summed E-state index contributed by atoms with van der Waals surface area (Å²) in [6.45, 7) is 1.91. The molecule has 0 fully saturated rings. The third kappa shape index (κ3) is 4.98. The number of carbonyl (C=O) groups is 2. The van der Waals surface area contributed by atoms with Crippen molar-refractivity contribution in [2.45, 2.75) is 30.2 Å². The molecule has 3 N–H and O–H groups in total. The van der Waals surface area contributed by atoms with Gasteiger partial charge in [-0.2, -0.15) is 0 Å². The zero-order valence-electron chi connectivity index (χ0n) is 16.6. The van der Waals surface area contributed by atoms with Crippen molar-refractivity contribution < 1.29 is 9.59 Å². The first-order chi connectivity index (χ1) is 14.9. The van der Waals surface area contributed by atoms with Crippen LogP contribution in [0.15, 0.2) is 58.5 Å². The number of carbonyl (C=O) groups excluding carboxylic acids is 2. The summed E-state index contributed by atoms with van der Waals surface area (Å²) in [6.07, 6.45) is -0.121. The number of benzene rings is 2. The van der Waals surface area contributed by atoms with E-state index in [1.807, 2.05) is 43.3 Å². The van der Waals surface area contributed by atoms with Gasteiger partial charge < -0.3 is 15.6 Å². The first-order valence-electron chi connectivity index (χ1n) is 9.58. The highest BCUT2D eigenvalue weighted by Gasteiger charge is 2.34. The van der Waals surface area contributed by atoms with Crippen LogP contribution in [0.2, 0.25) is 5.02 Å². The summed E-state index contributed by atoms with van der Waals surface area (Å²) >= 11 is 7.31. The molecule has 1 atom stereocenters. The number of aromatic amines is 1. The Hall–Kier alpha value is -3.10. The first kappa shape index (κ1) is 21.1. The topological polar surface area (TPSA) is 104 Å². The van der Waals surface area contributed by atoms with Crippen molar-refractivity contribution in [2.24, 2.45) is 0 Å². The van der Waals surface area contributed by atoms with E-state index in [9.17, 15) is 14.4 Å². The molecule has 3 aromatic rings. The molecule has 2 aromatic carbocycles. The smallest absolute Gasteiger partial charge is 0.257 e. The van der Waals surface area contributed by atoms with Gasteiger partial charge in [0.15, 0.2) is 5.16 Å². The Kier molecular flexibility index (Phi) is 6.11. The summed E-state index contributed by atoms with van der Waals surface area (Å²) in [5.74, 6) is -1.05. The summed E-state index contributed by atoms with van der Waals surface area (Å²) in [4.78, 5) is 45.0. The summed E-state index contributed by atoms with van der Waals surface area (Å²) in [7, 11) is 0. The van der Waals surface area contributed by atoms with Gasteiger partial charge in [0.1, 0.15) is 5.82 Å². The van der Waals surface area contributed by atoms with E-state index in [0.29, 0.717) is 21.6 Å². The summed E-state index contributed by atoms with van der Waals surface area (Å²) in [5.41, 5.74) is 2.29. The molecule has 0 aliphatic carbocycles. The molecule has 0 saturated heterocycles. The van der Waals surface area contributed by atoms with Gasteiger partial charge in [0, 0.05) is 22.9 Å². The number of rotatable bonds is 5. The summed E-state index contributed by atoms with van der Waals surface area (Å²) < 4.78 is 0. The fourth-order valence-corrected chi connectivity index (χ4v) is 4.39. The number of H-pyrrole nitrogens is 1. The molecule has 0 bridgehead atoms. The molecule has 7 nitrogen and oxygen atoms in total. The number of hydrogen-bond acceptors (Lipinski definition) is 5. The molecule has 4 rings (SSSR count). The zero-order valence-corrected chi connectivity index (χ0v) is 18.1. The van der Waals surface area contributed by atoms with E-state index in [0.717, 1.165) is 11.1 Å². The Bertz CT molecular complexity index is 1230. The van der Waals surface area contributed by atoms with Crippen molar-refractivity contribution in [3.63, 3.8) is 0 Å². The van der Waals surface area contributed by atoms with E-state index in [-0.39, 0.29) is 23.7 Å². The Morgan fingerprint density at radius 2 is 2.03 bits per heavy atom. The third-order valence-corrected chi connectivity index (χ3v) is 5.98. The predicted molar refractivity (Wildman–Crippen MR) is 122 cm³/mol. The van der Waals surface area contributed by atoms with Crippen LogP contribution in [0.4, 0.5) is 11.5 Å². The quantitative estimate of drug-likeness (QED) is 0.398. The van der Waals surface area contributed by atoms with Crippen LogP contribution in [0.1, 0.15) is 29.0 Å². The second-order valence-corrected chi connectivity index (χ2v) is 8.62. The van der Waals surface area contributed by atoms with Crippen LogP contribution in [0, 0.1) is 6.92 Å². The Morgan fingerprint density at radius 1 is 1.23 bits per heavy atom. The van der Waals surface area contributed by atoms with E-state index in [1.54, 1.807) is 12.1 Å². The van der Waals surface area contributed by atoms with E-state index >= 15 is 0 Å². The molecular formula is C22H19ClN4O3S. The molecule has 158 valence electrons. The largest absolute Gasteiger partial charge is 0.326 e. The Labute approximate surface area is 187 Å². The molecule has 2 heterocycles. The minimum absolute atomic E-state index is 0.121. The average molecular weight is 455 g/mol. The van der Waals surface area contributed by atoms with Crippen molar-refractivity contribution in [1.29, 1.82) is 0 Å². The van der Waals surface area contributed by atoms with Gasteiger partial charge >= 0.3 is 0 Å². The van der Waals surface area contributed by atoms with Gasteiger partial charge in [-0.25, -0.2) is 4.98 Å². The van der Waals surface area contributed by atoms with Gasteiger partial charge in [0.25, 0.3) is 5.56 Å². The monoisotopic (exact) mass is 454 g/mol. The van der Waals surface area contributed by atoms with Crippen LogP contribution in [0.5, 0.6) is 0 Å². The summed E-state index contributed by atoms with van der Waals surface area (Å²) in [6, 6.07) is 14.7. The molecule has 2 amide bonds. The number of anilines is 2. The lowest BCUT2D eigenvalue weighted by molar-refractivity contribution is -0.123. The zero-order chi connectivity index (χ0) is 22.0. The van der Waals surface area contributed by atoms with Gasteiger partial charge in [-0.1, -0.05) is 47.6 Å². The van der Waals surface area contributed by atoms with Gasteiger partial charge in [-0.3, -0.25) is 14.4 Å². The number of aryl methyl sites for hydroxylation is 1. The van der Waals surface area contributed by atoms with Gasteiger partial charge in [-0.15, -0.1) is 0 Å². The second-order valence-electron chi connectivity index (χ2n) is 7.22. The number of halogens is 1. The Morgan fingerprint density at radius 3 is 2.81 bits per heavy atom. The predicted octanol–water partition coefficient (Wildman–Crippen LogP) is 4.09. The molecule has 0 spiro atoms. The van der Waals surface area contributed by atoms with Crippen LogP contribution in [0.3, 0.4) is 0 Å². The molecule has 0 unspecified atom stereocenters. The standard InChI is InChI=1S/C22H19ClN4O3S/c1-12-4-2-7-15(8-12)24-20(29)16-10-17(28)25-19-18(16)21(30)27-22(26-19)31-11-13-5-3-6-14(23)9-13/h2-9,16H,10-11H2,1H3,(H,24,29)(H2,25,26,27,28,30)/t16-/m1/s1. The Balaban J connectivity index is 1.58. The number of amides is 2. The highest BCUT2D eigenvalue weighted by Crippen LogP contribution is 2.31. The molecule has 0 saturated carbocycles. The van der Waals surface area contributed by atoms with Gasteiger partial charge in [-0.05, 0) is 42.3 Å². The first-order valence-corrected chi connectivity index (χ1v) is 10.9. The number of nitrogens with one attached hydrogen (secondary N) is 3. The molecule has 1 aliphatic heterocycles. The van der Waals surface area contributed by atoms with Gasteiger partial charge in [0.2, 0.25) is 11.8 Å². The normalized spacial score (nSPS) is 15.2. The SMILES string of the molecule is Cc1cccc(NC(=O)[C@@H]2CC(=O)Nc3nc(SCc4cccc(Cl)c4)[nH]c(=O)c32)c1. The maximum Gasteiger partial charge on any atom is 0.257 e. The van der Waals surface area contributed by atoms with Crippen LogP contribution < -0.4 is 16.2 Å². The highest BCUT2D eigenvalue weighted by molar-refractivity contribution is 7.98. The molecule has 1 aliphatic rings. The average Bonchev–Trinajstić information content (AvgIpc) is 2.71. The van der Waals surface area contributed by atoms with Crippen LogP contribution in [0.25, 0.3) is 0 Å². The molecule has 0 radical (unpaired) electrons. The highest BCUT2D eigenvalue weighted by atomic mass is 35.5. The van der Waals surface area contributed by atoms with Crippen molar-refractivity contribution >= 4 is 46.7 Å². The van der Waals surface area contributed by atoms with Crippen LogP contribution in [-0.2, 0) is 15.3 Å². The second kappa shape index (κ2) is 8.95. The summed E-state index contributed by atoms with van der Waals surface area (Å²) in [5, 5.41) is 6.39. The van der Waals surface area contributed by atoms with Gasteiger partial charge in [0.05, 0.1) is 11.5 Å². The number of nitrogens with zero attached hydrogens (tertiary/aromatic N) is 1. The number of hydrogen-bond donors (Lipinski definition) is 3. The fraction of sp³-hybridized carbons (Fsp3) is 0.182. The fourth-order valence-electron chi connectivity index (χ4n) is 3.37. The van der Waals surface area contributed by atoms with E-state index < -0.39 is 17.4 Å². The van der Waals surface area contributed by atoms with Crippen molar-refractivity contribution in [1.82, 2.24) is 9.97 Å². The van der Waals surface area contributed by atoms with Crippen LogP contribution >= 0.6 is 23.4 Å². The molecule has 9 heteroatoms. The molecular weight excluding hydrogens is 436 g/mol. The number of aromatic nitrogens is 2. The lowest BCUT2D eigenvalue weighted by Gasteiger charge is -2.23. The van der Waals surface area contributed by atoms with E-state index in [1.165, 1.54) is 11.8 Å². The van der Waals surface area contributed by atoms with Crippen molar-refractivity contribution in [2.75, 3.05) is 10.6 Å². The molecule has 1 aromatic heterocycles. The van der Waals surface area contributed by atoms with Crippen molar-refractivity contribution in [3.8, 4) is 0 Å². The van der Waals surface area contributed by atoms with E-state index in [2.05, 4.69) is 20.6 Å². The van der Waals surface area contributed by atoms with Crippen molar-refractivity contribution in [3.05, 3.63) is 80.6 Å². The number of thioether (sulfide) groups is 1. The lowest BCUT2D eigenvalue weighted by Crippen LogP contribution is -2.36. The molecule has 31 heavy (non-hydrogen) atoms. The maximum absolute atomic E-state index is 12.9. The number of fused-ring (bicyclic) bond motifs is 1. The van der Waals surface area contributed by atoms with E-state index in [4.69, 9.17) is 11.6 Å². The van der Waals surface area contributed by atoms with Crippen LogP contribution in [-0.4, -0.2) is 21.8 Å². The third-order valence-electron chi connectivity index (χ3n) is 4.80. The lowest BCUT2D eigenvalue weighted by atomic mass is 9.92. The minimum Gasteiger partial charge on any atom is -0.326 e.